The summed E-state index contributed by atoms with van der Waals surface area (Å²) in [6.07, 6.45) is -3.15. The van der Waals surface area contributed by atoms with Crippen molar-refractivity contribution in [2.75, 3.05) is 20.1 Å². The van der Waals surface area contributed by atoms with E-state index in [1.54, 1.807) is 7.05 Å². The number of thiazole rings is 1. The van der Waals surface area contributed by atoms with E-state index in [1.165, 1.54) is 10.9 Å². The first-order valence-corrected chi connectivity index (χ1v) is 9.78. The predicted octanol–water partition coefficient (Wildman–Crippen LogP) is 3.90. The minimum absolute atomic E-state index is 0.406. The van der Waals surface area contributed by atoms with Crippen molar-refractivity contribution in [2.24, 2.45) is 4.99 Å². The average Bonchev–Trinajstić information content (AvgIpc) is 3.25. The molecule has 9 heteroatoms. The zero-order chi connectivity index (χ0) is 20.1. The molecule has 0 amide bonds. The molecule has 1 aromatic carbocycles. The van der Waals surface area contributed by atoms with Gasteiger partial charge in [-0.25, -0.2) is 4.98 Å². The number of benzene rings is 1. The maximum Gasteiger partial charge on any atom is 0.434 e. The molecule has 0 atom stereocenters. The van der Waals surface area contributed by atoms with Crippen LogP contribution in [-0.2, 0) is 19.0 Å². The molecule has 3 N–H and O–H groups in total. The zero-order valence-electron chi connectivity index (χ0n) is 15.7. The van der Waals surface area contributed by atoms with Crippen molar-refractivity contribution in [1.82, 2.24) is 20.6 Å². The van der Waals surface area contributed by atoms with E-state index in [9.17, 15) is 13.2 Å². The molecule has 3 aromatic rings. The molecule has 3 rings (SSSR count). The van der Waals surface area contributed by atoms with Crippen molar-refractivity contribution in [3.8, 4) is 0 Å². The van der Waals surface area contributed by atoms with E-state index in [0.29, 0.717) is 30.5 Å². The summed E-state index contributed by atoms with van der Waals surface area (Å²) < 4.78 is 37.8. The fourth-order valence-corrected chi connectivity index (χ4v) is 3.83. The number of rotatable bonds is 6. The van der Waals surface area contributed by atoms with E-state index < -0.39 is 11.9 Å². The van der Waals surface area contributed by atoms with Gasteiger partial charge in [-0.3, -0.25) is 4.99 Å². The van der Waals surface area contributed by atoms with Gasteiger partial charge in [-0.05, 0) is 25.0 Å². The summed E-state index contributed by atoms with van der Waals surface area (Å²) in [5.74, 6) is 0.616. The number of hydrogen-bond acceptors (Lipinski definition) is 3. The molecule has 5 nitrogen and oxygen atoms in total. The van der Waals surface area contributed by atoms with E-state index in [2.05, 4.69) is 44.7 Å². The number of nitrogens with one attached hydrogen (secondary N) is 3. The van der Waals surface area contributed by atoms with Crippen LogP contribution in [0.2, 0.25) is 0 Å². The molecule has 2 heterocycles. The van der Waals surface area contributed by atoms with E-state index in [-0.39, 0.29) is 0 Å². The Kier molecular flexibility index (Phi) is 6.23. The Hall–Kier alpha value is -2.55. The zero-order valence-corrected chi connectivity index (χ0v) is 16.5. The average molecular weight is 409 g/mol. The molecular weight excluding hydrogens is 387 g/mol. The number of aromatic nitrogens is 2. The summed E-state index contributed by atoms with van der Waals surface area (Å²) in [7, 11) is 1.66. The predicted molar refractivity (Wildman–Crippen MR) is 107 cm³/mol. The summed E-state index contributed by atoms with van der Waals surface area (Å²) >= 11 is 1.02. The summed E-state index contributed by atoms with van der Waals surface area (Å²) in [5, 5.41) is 9.07. The summed E-state index contributed by atoms with van der Waals surface area (Å²) in [4.78, 5) is 11.2. The van der Waals surface area contributed by atoms with Gasteiger partial charge in [-0.1, -0.05) is 18.2 Å². The lowest BCUT2D eigenvalue weighted by Crippen LogP contribution is -2.39. The van der Waals surface area contributed by atoms with E-state index in [0.717, 1.165) is 34.3 Å². The first-order chi connectivity index (χ1) is 13.4. The van der Waals surface area contributed by atoms with E-state index in [4.69, 9.17) is 0 Å². The Morgan fingerprint density at radius 3 is 2.57 bits per heavy atom. The number of para-hydroxylation sites is 1. The topological polar surface area (TPSA) is 65.1 Å². The van der Waals surface area contributed by atoms with Crippen LogP contribution in [-0.4, -0.2) is 36.1 Å². The van der Waals surface area contributed by atoms with Crippen molar-refractivity contribution in [2.45, 2.75) is 25.9 Å². The minimum Gasteiger partial charge on any atom is -0.358 e. The normalized spacial score (nSPS) is 12.5. The molecule has 28 heavy (non-hydrogen) atoms. The van der Waals surface area contributed by atoms with Gasteiger partial charge in [-0.15, -0.1) is 11.3 Å². The van der Waals surface area contributed by atoms with Gasteiger partial charge in [0.1, 0.15) is 0 Å². The molecule has 0 saturated carbocycles. The van der Waals surface area contributed by atoms with Crippen molar-refractivity contribution in [3.63, 3.8) is 0 Å². The Morgan fingerprint density at radius 1 is 1.18 bits per heavy atom. The minimum atomic E-state index is -4.39. The number of aliphatic imine (C=N–C) groups is 1. The Morgan fingerprint density at radius 2 is 1.89 bits per heavy atom. The van der Waals surface area contributed by atoms with Gasteiger partial charge in [-0.2, -0.15) is 13.2 Å². The van der Waals surface area contributed by atoms with Crippen molar-refractivity contribution in [3.05, 3.63) is 51.6 Å². The highest BCUT2D eigenvalue weighted by Gasteiger charge is 2.33. The molecule has 0 spiro atoms. The second-order valence-electron chi connectivity index (χ2n) is 6.32. The number of aromatic amines is 1. The number of H-pyrrole nitrogens is 1. The number of guanidine groups is 1. The highest BCUT2D eigenvalue weighted by Crippen LogP contribution is 2.30. The van der Waals surface area contributed by atoms with Crippen LogP contribution < -0.4 is 10.6 Å². The monoisotopic (exact) mass is 409 g/mol. The van der Waals surface area contributed by atoms with Crippen molar-refractivity contribution >= 4 is 28.2 Å². The van der Waals surface area contributed by atoms with Gasteiger partial charge >= 0.3 is 6.18 Å². The molecular formula is C19H22F3N5S. The lowest BCUT2D eigenvalue weighted by atomic mass is 10.1. The lowest BCUT2D eigenvalue weighted by Gasteiger charge is -2.11. The molecule has 0 fully saturated rings. The summed E-state index contributed by atoms with van der Waals surface area (Å²) in [5.41, 5.74) is 2.71. The molecule has 0 saturated heterocycles. The van der Waals surface area contributed by atoms with Crippen LogP contribution >= 0.6 is 11.3 Å². The summed E-state index contributed by atoms with van der Waals surface area (Å²) in [6.45, 7) is 3.21. The quantitative estimate of drug-likeness (QED) is 0.427. The second-order valence-corrected chi connectivity index (χ2v) is 7.27. The maximum atomic E-state index is 12.6. The molecule has 0 radical (unpaired) electrons. The molecule has 2 aromatic heterocycles. The van der Waals surface area contributed by atoms with Crippen molar-refractivity contribution < 1.29 is 13.2 Å². The van der Waals surface area contributed by atoms with Crippen LogP contribution in [0.15, 0.2) is 34.6 Å². The van der Waals surface area contributed by atoms with Gasteiger partial charge < -0.3 is 15.6 Å². The van der Waals surface area contributed by atoms with E-state index >= 15 is 0 Å². The van der Waals surface area contributed by atoms with Crippen molar-refractivity contribution in [1.29, 1.82) is 0 Å². The molecule has 0 bridgehead atoms. The van der Waals surface area contributed by atoms with Crippen LogP contribution in [0.25, 0.3) is 10.9 Å². The Bertz CT molecular complexity index is 958. The standard InChI is InChI=1S/C19H22F3N5S/c1-12-13(14-5-3-4-6-15(14)26-12)7-9-24-18(23-2)25-10-8-17-27-16(11-28-17)19(20,21)22/h3-6,11,26H,7-10H2,1-2H3,(H2,23,24,25). The largest absolute Gasteiger partial charge is 0.434 e. The van der Waals surface area contributed by atoms with Gasteiger partial charge in [0.25, 0.3) is 0 Å². The van der Waals surface area contributed by atoms with Crippen LogP contribution in [0.4, 0.5) is 13.2 Å². The fourth-order valence-electron chi connectivity index (χ4n) is 3.03. The highest BCUT2D eigenvalue weighted by molar-refractivity contribution is 7.09. The number of halogens is 3. The highest BCUT2D eigenvalue weighted by atomic mass is 32.1. The SMILES string of the molecule is CN=C(NCCc1nc(C(F)(F)F)cs1)NCCc1c(C)[nH]c2ccccc12. The second kappa shape index (κ2) is 8.64. The molecule has 0 aliphatic heterocycles. The lowest BCUT2D eigenvalue weighted by molar-refractivity contribution is -0.140. The van der Waals surface area contributed by atoms with Gasteiger partial charge in [0.05, 0.1) is 5.01 Å². The number of nitrogens with zero attached hydrogens (tertiary/aromatic N) is 2. The van der Waals surface area contributed by atoms with E-state index in [1.807, 2.05) is 12.1 Å². The third kappa shape index (κ3) is 4.83. The Labute approximate surface area is 165 Å². The number of aryl methyl sites for hydroxylation is 1. The first kappa shape index (κ1) is 20.2. The number of alkyl halides is 3. The third-order valence-corrected chi connectivity index (χ3v) is 5.30. The van der Waals surface area contributed by atoms with Gasteiger partial charge in [0, 0.05) is 48.5 Å². The third-order valence-electron chi connectivity index (χ3n) is 4.39. The Balaban J connectivity index is 1.47. The van der Waals surface area contributed by atoms with Crippen LogP contribution in [0.5, 0.6) is 0 Å². The number of fused-ring (bicyclic) bond motifs is 1. The maximum absolute atomic E-state index is 12.6. The summed E-state index contributed by atoms with van der Waals surface area (Å²) in [6, 6.07) is 8.19. The van der Waals surface area contributed by atoms with Crippen LogP contribution in [0.1, 0.15) is 22.0 Å². The first-order valence-electron chi connectivity index (χ1n) is 8.91. The molecule has 0 unspecified atom stereocenters. The molecule has 0 aliphatic rings. The van der Waals surface area contributed by atoms with Gasteiger partial charge in [0.15, 0.2) is 11.7 Å². The van der Waals surface area contributed by atoms with Crippen LogP contribution in [0.3, 0.4) is 0 Å². The van der Waals surface area contributed by atoms with Gasteiger partial charge in [0.2, 0.25) is 0 Å². The van der Waals surface area contributed by atoms with Crippen LogP contribution in [0, 0.1) is 6.92 Å². The fraction of sp³-hybridized carbons (Fsp3) is 0.368. The number of hydrogen-bond donors (Lipinski definition) is 3. The smallest absolute Gasteiger partial charge is 0.358 e. The molecule has 0 aliphatic carbocycles. The molecule has 150 valence electrons.